The number of nitrogens with zero attached hydrogens (tertiary/aromatic N) is 3. The third kappa shape index (κ3) is 4.14. The number of nitro groups is 1. The van der Waals surface area contributed by atoms with Crippen LogP contribution in [-0.2, 0) is 4.79 Å². The number of piperazine rings is 1. The predicted octanol–water partition coefficient (Wildman–Crippen LogP) is 2.74. The maximum atomic E-state index is 12.9. The zero-order chi connectivity index (χ0) is 19.5. The molecule has 1 unspecified atom stereocenters. The minimum Gasteiger partial charge on any atom is -0.369 e. The van der Waals surface area contributed by atoms with Crippen LogP contribution in [0.3, 0.4) is 0 Å². The number of benzene rings is 2. The highest BCUT2D eigenvalue weighted by Crippen LogP contribution is 2.28. The highest BCUT2D eigenvalue weighted by atomic mass is 16.6. The van der Waals surface area contributed by atoms with Gasteiger partial charge >= 0.3 is 0 Å². The summed E-state index contributed by atoms with van der Waals surface area (Å²) in [4.78, 5) is 27.9. The Kier molecular flexibility index (Phi) is 5.25. The molecule has 0 aromatic heterocycles. The lowest BCUT2D eigenvalue weighted by molar-refractivity contribution is -0.384. The molecular formula is C21H24N4O3. The summed E-state index contributed by atoms with van der Waals surface area (Å²) in [6.45, 7) is 2.89. The van der Waals surface area contributed by atoms with Crippen molar-refractivity contribution >= 4 is 17.3 Å². The van der Waals surface area contributed by atoms with Crippen LogP contribution in [-0.4, -0.2) is 48.0 Å². The lowest BCUT2D eigenvalue weighted by Crippen LogP contribution is -2.51. The SMILES string of the molecule is O=C(NC1CC1)C(c1ccccc1)N1CCN(c2cccc([N+](=O)[O-])c2)CC1. The molecule has 0 radical (unpaired) electrons. The van der Waals surface area contributed by atoms with Crippen LogP contribution in [0.1, 0.15) is 24.4 Å². The fraction of sp³-hybridized carbons (Fsp3) is 0.381. The average molecular weight is 380 g/mol. The first kappa shape index (κ1) is 18.4. The first-order valence-electron chi connectivity index (χ1n) is 9.70. The largest absolute Gasteiger partial charge is 0.369 e. The van der Waals surface area contributed by atoms with Gasteiger partial charge in [-0.15, -0.1) is 0 Å². The topological polar surface area (TPSA) is 78.7 Å². The molecule has 7 heteroatoms. The Morgan fingerprint density at radius 3 is 2.39 bits per heavy atom. The molecular weight excluding hydrogens is 356 g/mol. The van der Waals surface area contributed by atoms with Crippen molar-refractivity contribution in [1.29, 1.82) is 0 Å². The summed E-state index contributed by atoms with van der Waals surface area (Å²) >= 11 is 0. The maximum absolute atomic E-state index is 12.9. The van der Waals surface area contributed by atoms with E-state index >= 15 is 0 Å². The quantitative estimate of drug-likeness (QED) is 0.616. The van der Waals surface area contributed by atoms with Crippen molar-refractivity contribution in [3.05, 3.63) is 70.3 Å². The number of nitro benzene ring substituents is 1. The zero-order valence-electron chi connectivity index (χ0n) is 15.7. The molecule has 2 aromatic rings. The molecule has 1 aliphatic heterocycles. The van der Waals surface area contributed by atoms with Gasteiger partial charge in [0.15, 0.2) is 0 Å². The van der Waals surface area contributed by atoms with E-state index in [1.807, 2.05) is 36.4 Å². The van der Waals surface area contributed by atoms with Crippen LogP contribution >= 0.6 is 0 Å². The molecule has 0 spiro atoms. The first-order chi connectivity index (χ1) is 13.6. The number of anilines is 1. The number of hydrogen-bond donors (Lipinski definition) is 1. The van der Waals surface area contributed by atoms with E-state index in [1.54, 1.807) is 12.1 Å². The van der Waals surface area contributed by atoms with Gasteiger partial charge in [0.2, 0.25) is 5.91 Å². The van der Waals surface area contributed by atoms with E-state index in [0.29, 0.717) is 6.04 Å². The van der Waals surface area contributed by atoms with Crippen molar-refractivity contribution in [3.63, 3.8) is 0 Å². The Morgan fingerprint density at radius 1 is 1.04 bits per heavy atom. The molecule has 2 aliphatic rings. The third-order valence-corrected chi connectivity index (χ3v) is 5.37. The minimum absolute atomic E-state index is 0.0671. The van der Waals surface area contributed by atoms with Crippen LogP contribution in [0.4, 0.5) is 11.4 Å². The van der Waals surface area contributed by atoms with Crippen LogP contribution in [0.15, 0.2) is 54.6 Å². The first-order valence-corrected chi connectivity index (χ1v) is 9.70. The molecule has 7 nitrogen and oxygen atoms in total. The Hall–Kier alpha value is -2.93. The van der Waals surface area contributed by atoms with Crippen molar-refractivity contribution in [1.82, 2.24) is 10.2 Å². The summed E-state index contributed by atoms with van der Waals surface area (Å²) < 4.78 is 0. The molecule has 1 heterocycles. The van der Waals surface area contributed by atoms with Crippen molar-refractivity contribution in [3.8, 4) is 0 Å². The number of amides is 1. The van der Waals surface area contributed by atoms with E-state index in [9.17, 15) is 14.9 Å². The van der Waals surface area contributed by atoms with Gasteiger partial charge in [0.05, 0.1) is 4.92 Å². The predicted molar refractivity (Wildman–Crippen MR) is 107 cm³/mol. The van der Waals surface area contributed by atoms with E-state index in [-0.39, 0.29) is 22.6 Å². The Morgan fingerprint density at radius 2 is 1.75 bits per heavy atom. The fourth-order valence-corrected chi connectivity index (χ4v) is 3.71. The Balaban J connectivity index is 1.47. The van der Waals surface area contributed by atoms with Crippen LogP contribution < -0.4 is 10.2 Å². The van der Waals surface area contributed by atoms with Gasteiger partial charge in [0.1, 0.15) is 6.04 Å². The molecule has 1 amide bonds. The highest BCUT2D eigenvalue weighted by molar-refractivity contribution is 5.83. The maximum Gasteiger partial charge on any atom is 0.271 e. The number of hydrogen-bond acceptors (Lipinski definition) is 5. The summed E-state index contributed by atoms with van der Waals surface area (Å²) in [5, 5.41) is 14.2. The number of nitrogens with one attached hydrogen (secondary N) is 1. The molecule has 1 saturated heterocycles. The van der Waals surface area contributed by atoms with Crippen LogP contribution in [0, 0.1) is 10.1 Å². The minimum atomic E-state index is -0.368. The van der Waals surface area contributed by atoms with Gasteiger partial charge in [-0.3, -0.25) is 19.8 Å². The summed E-state index contributed by atoms with van der Waals surface area (Å²) in [5.41, 5.74) is 1.96. The Labute approximate surface area is 164 Å². The monoisotopic (exact) mass is 380 g/mol. The second kappa shape index (κ2) is 7.98. The molecule has 1 atom stereocenters. The molecule has 0 bridgehead atoms. The van der Waals surface area contributed by atoms with Crippen LogP contribution in [0.5, 0.6) is 0 Å². The van der Waals surface area contributed by atoms with Gasteiger partial charge in [-0.2, -0.15) is 0 Å². The molecule has 146 valence electrons. The van der Waals surface area contributed by atoms with E-state index in [1.165, 1.54) is 6.07 Å². The van der Waals surface area contributed by atoms with Crippen molar-refractivity contribution in [2.24, 2.45) is 0 Å². The normalized spacial score (nSPS) is 18.5. The van der Waals surface area contributed by atoms with Gasteiger partial charge in [0.25, 0.3) is 5.69 Å². The van der Waals surface area contributed by atoms with Gasteiger partial charge in [-0.1, -0.05) is 36.4 Å². The van der Waals surface area contributed by atoms with Crippen molar-refractivity contribution in [2.45, 2.75) is 24.9 Å². The lowest BCUT2D eigenvalue weighted by atomic mass is 10.0. The zero-order valence-corrected chi connectivity index (χ0v) is 15.7. The summed E-state index contributed by atoms with van der Waals surface area (Å²) in [5.74, 6) is 0.0671. The average Bonchev–Trinajstić information content (AvgIpc) is 3.53. The number of carbonyl (C=O) groups excluding carboxylic acids is 1. The van der Waals surface area contributed by atoms with Gasteiger partial charge < -0.3 is 10.2 Å². The van der Waals surface area contributed by atoms with Crippen molar-refractivity contribution < 1.29 is 9.72 Å². The van der Waals surface area contributed by atoms with E-state index < -0.39 is 0 Å². The van der Waals surface area contributed by atoms with Crippen LogP contribution in [0.2, 0.25) is 0 Å². The highest BCUT2D eigenvalue weighted by Gasteiger charge is 2.33. The molecule has 4 rings (SSSR count). The smallest absolute Gasteiger partial charge is 0.271 e. The summed E-state index contributed by atoms with van der Waals surface area (Å²) in [7, 11) is 0. The molecule has 1 aliphatic carbocycles. The standard InChI is InChI=1S/C21H24N4O3/c26-21(22-17-9-10-17)20(16-5-2-1-3-6-16)24-13-11-23(12-14-24)18-7-4-8-19(15-18)25(27)28/h1-8,15,17,20H,9-14H2,(H,22,26). The Bertz CT molecular complexity index is 846. The van der Waals surface area contributed by atoms with E-state index in [4.69, 9.17) is 0 Å². The number of non-ortho nitro benzene ring substituents is 1. The molecule has 1 N–H and O–H groups in total. The van der Waals surface area contributed by atoms with E-state index in [2.05, 4.69) is 15.1 Å². The molecule has 28 heavy (non-hydrogen) atoms. The van der Waals surface area contributed by atoms with Gasteiger partial charge in [-0.25, -0.2) is 0 Å². The van der Waals surface area contributed by atoms with Crippen LogP contribution in [0.25, 0.3) is 0 Å². The lowest BCUT2D eigenvalue weighted by Gasteiger charge is -2.39. The summed E-state index contributed by atoms with van der Waals surface area (Å²) in [6, 6.07) is 16.7. The van der Waals surface area contributed by atoms with Gasteiger partial charge in [0, 0.05) is 50.0 Å². The van der Waals surface area contributed by atoms with Crippen molar-refractivity contribution in [2.75, 3.05) is 31.1 Å². The number of carbonyl (C=O) groups is 1. The molecule has 2 aromatic carbocycles. The second-order valence-electron chi connectivity index (χ2n) is 7.40. The fourth-order valence-electron chi connectivity index (χ4n) is 3.71. The van der Waals surface area contributed by atoms with E-state index in [0.717, 1.165) is 50.3 Å². The van der Waals surface area contributed by atoms with Gasteiger partial charge in [-0.05, 0) is 24.5 Å². The summed E-state index contributed by atoms with van der Waals surface area (Å²) in [6.07, 6.45) is 2.13. The second-order valence-corrected chi connectivity index (χ2v) is 7.40. The molecule has 2 fully saturated rings. The third-order valence-electron chi connectivity index (χ3n) is 5.37. The number of rotatable bonds is 6. The molecule has 1 saturated carbocycles.